The van der Waals surface area contributed by atoms with Crippen LogP contribution in [0.5, 0.6) is 0 Å². The quantitative estimate of drug-likeness (QED) is 0.0373. The normalized spacial score (nSPS) is 13.0. The van der Waals surface area contributed by atoms with Gasteiger partial charge in [0.05, 0.1) is 6.61 Å². The van der Waals surface area contributed by atoms with Crippen LogP contribution in [-0.2, 0) is 19.1 Å². The van der Waals surface area contributed by atoms with Crippen molar-refractivity contribution in [3.63, 3.8) is 0 Å². The maximum absolute atomic E-state index is 12.3. The van der Waals surface area contributed by atoms with Crippen molar-refractivity contribution in [3.8, 4) is 0 Å². The SMILES string of the molecule is CC/C=C\C/C=C\C/C=C\C/C=C\C/C=C\C/C=C\CCCCCCCCCCC(=O)OC(CO)COC(=O)CCCCCCCCCCCCCCCCCCCCCCCC/C=C\C/C=C\C/C=C\C/C=C\CC. The fraction of sp³-hybridized carbons (Fsp3) is 0.690. The van der Waals surface area contributed by atoms with Gasteiger partial charge in [0.2, 0.25) is 0 Å². The van der Waals surface area contributed by atoms with Gasteiger partial charge in [0.1, 0.15) is 6.61 Å². The number of hydrogen-bond acceptors (Lipinski definition) is 5. The lowest BCUT2D eigenvalue weighted by Gasteiger charge is -2.15. The average molecular weight is 1050 g/mol. The molecule has 1 unspecified atom stereocenters. The molecule has 0 amide bonds. The van der Waals surface area contributed by atoms with Gasteiger partial charge in [0.15, 0.2) is 6.10 Å². The van der Waals surface area contributed by atoms with Crippen LogP contribution in [0.1, 0.15) is 296 Å². The van der Waals surface area contributed by atoms with Crippen LogP contribution in [0.3, 0.4) is 0 Å². The summed E-state index contributed by atoms with van der Waals surface area (Å²) < 4.78 is 10.7. The van der Waals surface area contributed by atoms with E-state index in [0.29, 0.717) is 12.8 Å². The number of carbonyl (C=O) groups excluding carboxylic acids is 2. The molecule has 0 aliphatic rings. The monoisotopic (exact) mass is 1050 g/mol. The van der Waals surface area contributed by atoms with Crippen LogP contribution in [0.15, 0.2) is 122 Å². The standard InChI is InChI=1S/C71H120O5/c1-3-5-7-9-11-13-15-17-19-21-23-25-27-29-31-32-33-34-35-36-37-38-40-41-43-45-47-49-51-53-55-57-59-61-63-65-70(73)75-68-69(67-72)76-71(74)66-64-62-60-58-56-54-52-50-48-46-44-42-39-30-28-26-24-22-20-18-16-14-12-10-8-6-4-2/h5-8,11-14,17-20,23-26,30,39,44,46,69,72H,3-4,9-10,15-16,21-22,27-29,31-38,40-43,45,47-68H2,1-2H3/b7-5-,8-6-,13-11-,14-12-,19-17-,20-18-,25-23-,26-24-,39-30-,46-44-. The molecule has 0 aliphatic carbocycles. The lowest BCUT2D eigenvalue weighted by Crippen LogP contribution is -2.28. The zero-order chi connectivity index (χ0) is 54.8. The Morgan fingerprint density at radius 1 is 0.303 bits per heavy atom. The lowest BCUT2D eigenvalue weighted by atomic mass is 10.0. The highest BCUT2D eigenvalue weighted by molar-refractivity contribution is 5.70. The van der Waals surface area contributed by atoms with E-state index >= 15 is 0 Å². The summed E-state index contributed by atoms with van der Waals surface area (Å²) in [5.74, 6) is -0.595. The first-order chi connectivity index (χ1) is 37.6. The van der Waals surface area contributed by atoms with E-state index < -0.39 is 6.10 Å². The van der Waals surface area contributed by atoms with Crippen molar-refractivity contribution in [3.05, 3.63) is 122 Å². The molecule has 5 nitrogen and oxygen atoms in total. The summed E-state index contributed by atoms with van der Waals surface area (Å²) in [5.41, 5.74) is 0. The summed E-state index contributed by atoms with van der Waals surface area (Å²) in [7, 11) is 0. The number of aliphatic hydroxyl groups excluding tert-OH is 1. The fourth-order valence-corrected chi connectivity index (χ4v) is 9.02. The number of allylic oxidation sites excluding steroid dienone is 20. The summed E-state index contributed by atoms with van der Waals surface area (Å²) in [4.78, 5) is 24.6. The number of aliphatic hydroxyl groups is 1. The Bertz CT molecular complexity index is 1520. The van der Waals surface area contributed by atoms with Gasteiger partial charge in [0, 0.05) is 12.8 Å². The van der Waals surface area contributed by atoms with Crippen molar-refractivity contribution in [1.29, 1.82) is 0 Å². The Kier molecular flexibility index (Phi) is 62.4. The summed E-state index contributed by atoms with van der Waals surface area (Å²) >= 11 is 0. The molecular formula is C71H120O5. The molecule has 0 spiro atoms. The van der Waals surface area contributed by atoms with Crippen molar-refractivity contribution in [2.45, 2.75) is 302 Å². The summed E-state index contributed by atoms with van der Waals surface area (Å²) in [6.07, 6.45) is 96.3. The molecule has 434 valence electrons. The summed E-state index contributed by atoms with van der Waals surface area (Å²) in [6, 6.07) is 0. The van der Waals surface area contributed by atoms with E-state index in [1.54, 1.807) is 0 Å². The molecule has 0 saturated heterocycles. The third-order valence-electron chi connectivity index (χ3n) is 13.8. The summed E-state index contributed by atoms with van der Waals surface area (Å²) in [5, 5.41) is 9.68. The molecule has 0 radical (unpaired) electrons. The molecular weight excluding hydrogens is 933 g/mol. The number of carbonyl (C=O) groups is 2. The van der Waals surface area contributed by atoms with E-state index in [-0.39, 0.29) is 25.2 Å². The fourth-order valence-electron chi connectivity index (χ4n) is 9.02. The van der Waals surface area contributed by atoms with Gasteiger partial charge in [-0.1, -0.05) is 302 Å². The minimum atomic E-state index is -0.784. The Morgan fingerprint density at radius 2 is 0.526 bits per heavy atom. The van der Waals surface area contributed by atoms with Gasteiger partial charge in [-0.05, 0) is 103 Å². The van der Waals surface area contributed by atoms with Crippen LogP contribution < -0.4 is 0 Å². The van der Waals surface area contributed by atoms with E-state index in [4.69, 9.17) is 9.47 Å². The smallest absolute Gasteiger partial charge is 0.306 e. The Balaban J connectivity index is 3.48. The maximum atomic E-state index is 12.3. The van der Waals surface area contributed by atoms with E-state index in [9.17, 15) is 14.7 Å². The van der Waals surface area contributed by atoms with Gasteiger partial charge in [-0.25, -0.2) is 0 Å². The Labute approximate surface area is 471 Å². The highest BCUT2D eigenvalue weighted by Crippen LogP contribution is 2.17. The molecule has 0 fully saturated rings. The van der Waals surface area contributed by atoms with Gasteiger partial charge in [-0.3, -0.25) is 9.59 Å². The predicted octanol–water partition coefficient (Wildman–Crippen LogP) is 22.2. The minimum Gasteiger partial charge on any atom is -0.462 e. The van der Waals surface area contributed by atoms with Crippen LogP contribution in [0.4, 0.5) is 0 Å². The molecule has 0 bridgehead atoms. The van der Waals surface area contributed by atoms with E-state index in [1.165, 1.54) is 161 Å². The Morgan fingerprint density at radius 3 is 0.789 bits per heavy atom. The number of rotatable bonds is 58. The molecule has 0 aromatic carbocycles. The average Bonchev–Trinajstić information content (AvgIpc) is 3.42. The van der Waals surface area contributed by atoms with Crippen LogP contribution in [0, 0.1) is 0 Å². The maximum Gasteiger partial charge on any atom is 0.306 e. The topological polar surface area (TPSA) is 72.8 Å². The summed E-state index contributed by atoms with van der Waals surface area (Å²) in [6.45, 7) is 3.93. The Hall–Kier alpha value is -3.70. The molecule has 1 N–H and O–H groups in total. The number of esters is 2. The molecule has 0 heterocycles. The molecule has 0 aromatic rings. The van der Waals surface area contributed by atoms with Gasteiger partial charge in [-0.2, -0.15) is 0 Å². The second kappa shape index (κ2) is 65.6. The molecule has 1 atom stereocenters. The van der Waals surface area contributed by atoms with Gasteiger partial charge in [-0.15, -0.1) is 0 Å². The third kappa shape index (κ3) is 62.8. The molecule has 0 rings (SSSR count). The van der Waals surface area contributed by atoms with Gasteiger partial charge in [0.25, 0.3) is 0 Å². The third-order valence-corrected chi connectivity index (χ3v) is 13.8. The van der Waals surface area contributed by atoms with Crippen molar-refractivity contribution in [2.75, 3.05) is 13.2 Å². The van der Waals surface area contributed by atoms with E-state index in [2.05, 4.69) is 135 Å². The minimum absolute atomic E-state index is 0.0724. The van der Waals surface area contributed by atoms with Gasteiger partial charge < -0.3 is 14.6 Å². The highest BCUT2D eigenvalue weighted by atomic mass is 16.6. The van der Waals surface area contributed by atoms with E-state index in [1.807, 2.05) is 0 Å². The zero-order valence-corrected chi connectivity index (χ0v) is 49.7. The van der Waals surface area contributed by atoms with Crippen molar-refractivity contribution in [2.24, 2.45) is 0 Å². The number of unbranched alkanes of at least 4 members (excludes halogenated alkanes) is 30. The molecule has 76 heavy (non-hydrogen) atoms. The van der Waals surface area contributed by atoms with Crippen molar-refractivity contribution in [1.82, 2.24) is 0 Å². The first-order valence-corrected chi connectivity index (χ1v) is 32.1. The van der Waals surface area contributed by atoms with Crippen molar-refractivity contribution < 1.29 is 24.2 Å². The lowest BCUT2D eigenvalue weighted by molar-refractivity contribution is -0.161. The highest BCUT2D eigenvalue weighted by Gasteiger charge is 2.16. The molecule has 0 saturated carbocycles. The van der Waals surface area contributed by atoms with Crippen LogP contribution >= 0.6 is 0 Å². The van der Waals surface area contributed by atoms with Crippen LogP contribution in [0.25, 0.3) is 0 Å². The largest absolute Gasteiger partial charge is 0.462 e. The first-order valence-electron chi connectivity index (χ1n) is 32.1. The van der Waals surface area contributed by atoms with Gasteiger partial charge >= 0.3 is 11.9 Å². The van der Waals surface area contributed by atoms with E-state index in [0.717, 1.165) is 109 Å². The first kappa shape index (κ1) is 72.3. The predicted molar refractivity (Wildman–Crippen MR) is 334 cm³/mol. The molecule has 0 aliphatic heterocycles. The number of hydrogen-bond donors (Lipinski definition) is 1. The zero-order valence-electron chi connectivity index (χ0n) is 49.7. The van der Waals surface area contributed by atoms with Crippen LogP contribution in [-0.4, -0.2) is 36.4 Å². The second-order valence-electron chi connectivity index (χ2n) is 21.1. The molecule has 5 heteroatoms. The second-order valence-corrected chi connectivity index (χ2v) is 21.1. The van der Waals surface area contributed by atoms with Crippen LogP contribution in [0.2, 0.25) is 0 Å². The number of ether oxygens (including phenoxy) is 2. The molecule has 0 aromatic heterocycles. The van der Waals surface area contributed by atoms with Crippen molar-refractivity contribution >= 4 is 11.9 Å².